The fourth-order valence-corrected chi connectivity index (χ4v) is 5.55. The summed E-state index contributed by atoms with van der Waals surface area (Å²) in [6, 6.07) is 17.6. The molecule has 5 aromatic rings. The number of para-hydroxylation sites is 1. The Morgan fingerprint density at radius 1 is 0.974 bits per heavy atom. The molecule has 0 unspecified atom stereocenters. The Labute approximate surface area is 218 Å². The minimum Gasteiger partial charge on any atom is -0.495 e. The van der Waals surface area contributed by atoms with Crippen molar-refractivity contribution in [2.24, 2.45) is 0 Å². The molecule has 0 radical (unpaired) electrons. The number of hydrogen-bond acceptors (Lipinski definition) is 7. The third-order valence-corrected chi connectivity index (χ3v) is 7.83. The van der Waals surface area contributed by atoms with Gasteiger partial charge in [0.15, 0.2) is 12.0 Å². The number of rotatable bonds is 8. The summed E-state index contributed by atoms with van der Waals surface area (Å²) in [4.78, 5) is 4.13. The molecule has 0 bridgehead atoms. The van der Waals surface area contributed by atoms with Crippen molar-refractivity contribution in [1.82, 2.24) is 4.98 Å². The van der Waals surface area contributed by atoms with Crippen molar-refractivity contribution in [2.75, 3.05) is 12.9 Å². The zero-order valence-electron chi connectivity index (χ0n) is 20.1. The first-order chi connectivity index (χ1) is 18.0. The summed E-state index contributed by atoms with van der Waals surface area (Å²) in [5.41, 5.74) is 2.23. The van der Waals surface area contributed by atoms with Gasteiger partial charge < -0.3 is 9.15 Å². The van der Waals surface area contributed by atoms with Gasteiger partial charge >= 0.3 is 0 Å². The van der Waals surface area contributed by atoms with Crippen molar-refractivity contribution >= 4 is 41.9 Å². The zero-order valence-corrected chi connectivity index (χ0v) is 21.7. The van der Waals surface area contributed by atoms with Gasteiger partial charge in [-0.15, -0.1) is 0 Å². The molecule has 2 aromatic heterocycles. The van der Waals surface area contributed by atoms with E-state index in [0.29, 0.717) is 34.5 Å². The number of aryl methyl sites for hydroxylation is 1. The van der Waals surface area contributed by atoms with Crippen LogP contribution in [0.1, 0.15) is 6.42 Å². The lowest BCUT2D eigenvalue weighted by atomic mass is 10.1. The lowest BCUT2D eigenvalue weighted by molar-refractivity contribution is -0.671. The maximum absolute atomic E-state index is 11.8. The average molecular weight is 556 g/mol. The number of nitrogens with zero attached hydrogens (tertiary/aromatic N) is 2. The van der Waals surface area contributed by atoms with Gasteiger partial charge in [0.2, 0.25) is 11.4 Å². The van der Waals surface area contributed by atoms with E-state index >= 15 is 0 Å². The van der Waals surface area contributed by atoms with Crippen LogP contribution in [0.5, 0.6) is 5.75 Å². The fraction of sp³-hybridized carbons (Fsp3) is 0.154. The predicted octanol–water partition coefficient (Wildman–Crippen LogP) is 4.14. The normalized spacial score (nSPS) is 12.3. The number of methoxy groups -OCH3 is 1. The highest BCUT2D eigenvalue weighted by molar-refractivity contribution is 7.86. The maximum atomic E-state index is 11.8. The molecule has 2 N–H and O–H groups in total. The van der Waals surface area contributed by atoms with Gasteiger partial charge in [-0.3, -0.25) is 9.11 Å². The van der Waals surface area contributed by atoms with Crippen molar-refractivity contribution in [3.05, 3.63) is 73.1 Å². The number of oxazole rings is 1. The summed E-state index contributed by atoms with van der Waals surface area (Å²) in [6.45, 7) is 0.394. The highest BCUT2D eigenvalue weighted by atomic mass is 32.2. The molecule has 0 saturated heterocycles. The Morgan fingerprint density at radius 3 is 2.50 bits per heavy atom. The standard InChI is InChI=1S/C26H22N2O8S2/c1-35-23-14-17-7-8-18(13-19(17)15-25(23)38(32,33)34)24-16-27-26(36-24)21-9-11-28(10-4-12-37(29,30)31)22-6-3-2-5-20(21)22/h2-3,5-9,11,13-16H,4,10,12H2,1H3,(H-,29,30,31,32,33,34)/p+1. The van der Waals surface area contributed by atoms with E-state index in [2.05, 4.69) is 4.98 Å². The van der Waals surface area contributed by atoms with E-state index in [-0.39, 0.29) is 22.8 Å². The monoisotopic (exact) mass is 555 g/mol. The molecule has 3 aromatic carbocycles. The highest BCUT2D eigenvalue weighted by Gasteiger charge is 2.20. The quantitative estimate of drug-likeness (QED) is 0.213. The van der Waals surface area contributed by atoms with Crippen molar-refractivity contribution < 1.29 is 39.7 Å². The van der Waals surface area contributed by atoms with Gasteiger partial charge in [-0.25, -0.2) is 4.98 Å². The summed E-state index contributed by atoms with van der Waals surface area (Å²) in [7, 11) is -7.20. The molecule has 0 aliphatic rings. The first-order valence-corrected chi connectivity index (χ1v) is 14.5. The molecule has 12 heteroatoms. The third-order valence-electron chi connectivity index (χ3n) is 6.15. The molecule has 196 valence electrons. The van der Waals surface area contributed by atoms with Crippen molar-refractivity contribution in [2.45, 2.75) is 17.9 Å². The maximum Gasteiger partial charge on any atom is 0.298 e. The first kappa shape index (κ1) is 25.8. The minimum atomic E-state index is -4.49. The summed E-state index contributed by atoms with van der Waals surface area (Å²) in [5.74, 6) is 0.541. The zero-order chi connectivity index (χ0) is 27.1. The van der Waals surface area contributed by atoms with Crippen LogP contribution >= 0.6 is 0 Å². The van der Waals surface area contributed by atoms with E-state index in [4.69, 9.17) is 13.7 Å². The molecule has 2 heterocycles. The highest BCUT2D eigenvalue weighted by Crippen LogP contribution is 2.34. The smallest absolute Gasteiger partial charge is 0.298 e. The summed E-state index contributed by atoms with van der Waals surface area (Å²) in [6.07, 6.45) is 3.64. The number of ether oxygens (including phenoxy) is 1. The van der Waals surface area contributed by atoms with Gasteiger partial charge in [0.25, 0.3) is 20.2 Å². The average Bonchev–Trinajstić information content (AvgIpc) is 3.36. The molecule has 0 aliphatic carbocycles. The molecular weight excluding hydrogens is 532 g/mol. The lowest BCUT2D eigenvalue weighted by Gasteiger charge is -2.09. The summed E-state index contributed by atoms with van der Waals surface area (Å²) >= 11 is 0. The Bertz CT molecular complexity index is 1900. The van der Waals surface area contributed by atoms with Gasteiger partial charge in [-0.2, -0.15) is 21.4 Å². The van der Waals surface area contributed by atoms with Gasteiger partial charge in [-0.1, -0.05) is 24.3 Å². The molecule has 0 atom stereocenters. The molecule has 0 fully saturated rings. The fourth-order valence-electron chi connectivity index (χ4n) is 4.39. The van der Waals surface area contributed by atoms with Gasteiger partial charge in [-0.05, 0) is 35.0 Å². The number of fused-ring (bicyclic) bond motifs is 2. The number of pyridine rings is 1. The second kappa shape index (κ2) is 9.80. The SMILES string of the molecule is COc1cc2ccc(-c3cnc(-c4cc[n+](CCCS(=O)(=O)O)c5ccccc45)o3)cc2cc1S(=O)(=O)O. The van der Waals surface area contributed by atoms with E-state index in [1.54, 1.807) is 18.3 Å². The van der Waals surface area contributed by atoms with Crippen LogP contribution in [-0.2, 0) is 26.8 Å². The van der Waals surface area contributed by atoms with Gasteiger partial charge in [0.05, 0.1) is 30.0 Å². The molecule has 0 saturated carbocycles. The third kappa shape index (κ3) is 5.24. The van der Waals surface area contributed by atoms with Crippen LogP contribution in [0.2, 0.25) is 0 Å². The van der Waals surface area contributed by atoms with Crippen LogP contribution in [0, 0.1) is 0 Å². The molecule has 10 nitrogen and oxygen atoms in total. The second-order valence-corrected chi connectivity index (χ2v) is 11.6. The van der Waals surface area contributed by atoms with Crippen molar-refractivity contribution in [1.29, 1.82) is 0 Å². The molecule has 38 heavy (non-hydrogen) atoms. The molecule has 0 amide bonds. The van der Waals surface area contributed by atoms with E-state index in [9.17, 15) is 21.4 Å². The molecular formula is C26H23N2O8S2+. The first-order valence-electron chi connectivity index (χ1n) is 11.5. The molecule has 0 spiro atoms. The van der Waals surface area contributed by atoms with Crippen LogP contribution in [0.3, 0.4) is 0 Å². The minimum absolute atomic E-state index is 0.0425. The van der Waals surface area contributed by atoms with Crippen LogP contribution < -0.4 is 9.30 Å². The number of aromatic nitrogens is 2. The molecule has 0 aliphatic heterocycles. The van der Waals surface area contributed by atoms with Gasteiger partial charge in [0.1, 0.15) is 17.2 Å². The molecule has 5 rings (SSSR count). The summed E-state index contributed by atoms with van der Waals surface area (Å²) < 4.78 is 77.5. The van der Waals surface area contributed by atoms with Crippen molar-refractivity contribution in [3.63, 3.8) is 0 Å². The van der Waals surface area contributed by atoms with E-state index < -0.39 is 20.2 Å². The Hall–Kier alpha value is -3.84. The van der Waals surface area contributed by atoms with Crippen LogP contribution in [0.4, 0.5) is 0 Å². The Kier molecular flexibility index (Phi) is 6.65. The second-order valence-electron chi connectivity index (χ2n) is 8.65. The van der Waals surface area contributed by atoms with E-state index in [1.165, 1.54) is 19.2 Å². The Balaban J connectivity index is 1.51. The Morgan fingerprint density at radius 2 is 1.76 bits per heavy atom. The van der Waals surface area contributed by atoms with Crippen LogP contribution in [-0.4, -0.2) is 43.8 Å². The number of benzene rings is 3. The summed E-state index contributed by atoms with van der Waals surface area (Å²) in [5, 5.41) is 2.12. The van der Waals surface area contributed by atoms with Gasteiger partial charge in [0, 0.05) is 24.1 Å². The van der Waals surface area contributed by atoms with E-state index in [1.807, 2.05) is 47.2 Å². The van der Waals surface area contributed by atoms with Crippen LogP contribution in [0.15, 0.2) is 82.4 Å². The lowest BCUT2D eigenvalue weighted by Crippen LogP contribution is -2.35. The topological polar surface area (TPSA) is 148 Å². The van der Waals surface area contributed by atoms with Crippen LogP contribution in [0.25, 0.3) is 44.5 Å². The van der Waals surface area contributed by atoms with E-state index in [0.717, 1.165) is 16.5 Å². The largest absolute Gasteiger partial charge is 0.495 e. The number of hydrogen-bond donors (Lipinski definition) is 2. The van der Waals surface area contributed by atoms with Crippen molar-refractivity contribution in [3.8, 4) is 28.5 Å². The predicted molar refractivity (Wildman–Crippen MR) is 140 cm³/mol.